The Kier molecular flexibility index (Phi) is 5.16. The highest BCUT2D eigenvalue weighted by Gasteiger charge is 2.18. The summed E-state index contributed by atoms with van der Waals surface area (Å²) in [7, 11) is 2.16. The number of piperidine rings is 1. The van der Waals surface area contributed by atoms with Gasteiger partial charge in [0.05, 0.1) is 11.4 Å². The van der Waals surface area contributed by atoms with Crippen LogP contribution in [0.4, 0.5) is 11.4 Å². The van der Waals surface area contributed by atoms with Crippen molar-refractivity contribution in [2.75, 3.05) is 30.8 Å². The third-order valence-corrected chi connectivity index (χ3v) is 4.64. The molecule has 1 saturated heterocycles. The molecule has 1 fully saturated rings. The van der Waals surface area contributed by atoms with Crippen LogP contribution in [-0.4, -0.2) is 37.0 Å². The third-order valence-electron chi connectivity index (χ3n) is 4.64. The highest BCUT2D eigenvalue weighted by Crippen LogP contribution is 2.25. The van der Waals surface area contributed by atoms with Crippen LogP contribution in [0.15, 0.2) is 48.5 Å². The monoisotopic (exact) mass is 323 g/mol. The summed E-state index contributed by atoms with van der Waals surface area (Å²) in [4.78, 5) is 14.9. The average Bonchev–Trinajstić information content (AvgIpc) is 2.59. The van der Waals surface area contributed by atoms with E-state index in [9.17, 15) is 4.79 Å². The summed E-state index contributed by atoms with van der Waals surface area (Å²) in [6.07, 6.45) is 2.24. The van der Waals surface area contributed by atoms with Crippen LogP contribution in [0.5, 0.6) is 0 Å². The van der Waals surface area contributed by atoms with Crippen molar-refractivity contribution in [1.29, 1.82) is 0 Å². The summed E-state index contributed by atoms with van der Waals surface area (Å²) in [5.41, 5.74) is 3.53. The second-order valence-electron chi connectivity index (χ2n) is 6.54. The fourth-order valence-electron chi connectivity index (χ4n) is 3.11. The summed E-state index contributed by atoms with van der Waals surface area (Å²) in [6.45, 7) is 4.17. The van der Waals surface area contributed by atoms with Gasteiger partial charge in [0.1, 0.15) is 0 Å². The van der Waals surface area contributed by atoms with Gasteiger partial charge in [-0.15, -0.1) is 0 Å². The van der Waals surface area contributed by atoms with E-state index in [1.165, 1.54) is 0 Å². The predicted molar refractivity (Wildman–Crippen MR) is 99.7 cm³/mol. The molecule has 0 aliphatic carbocycles. The van der Waals surface area contributed by atoms with E-state index in [1.54, 1.807) is 0 Å². The number of benzene rings is 2. The molecule has 0 unspecified atom stereocenters. The highest BCUT2D eigenvalue weighted by molar-refractivity contribution is 6.06. The lowest BCUT2D eigenvalue weighted by atomic mass is 10.0. The number of hydrogen-bond donors (Lipinski definition) is 2. The summed E-state index contributed by atoms with van der Waals surface area (Å²) in [6, 6.07) is 16.0. The maximum Gasteiger partial charge on any atom is 0.255 e. The number of amides is 1. The lowest BCUT2D eigenvalue weighted by Crippen LogP contribution is -2.36. The number of hydrogen-bond acceptors (Lipinski definition) is 3. The molecule has 3 rings (SSSR count). The van der Waals surface area contributed by atoms with Gasteiger partial charge in [-0.2, -0.15) is 0 Å². The molecule has 0 radical (unpaired) electrons. The number of aryl methyl sites for hydroxylation is 1. The molecule has 0 spiro atoms. The van der Waals surface area contributed by atoms with Crippen LogP contribution in [-0.2, 0) is 0 Å². The van der Waals surface area contributed by atoms with Gasteiger partial charge < -0.3 is 15.5 Å². The van der Waals surface area contributed by atoms with Crippen LogP contribution < -0.4 is 10.6 Å². The Hall–Kier alpha value is -2.33. The Morgan fingerprint density at radius 3 is 2.33 bits per heavy atom. The van der Waals surface area contributed by atoms with E-state index < -0.39 is 0 Å². The number of anilines is 2. The maximum atomic E-state index is 12.6. The maximum absolute atomic E-state index is 12.6. The molecule has 2 aromatic rings. The van der Waals surface area contributed by atoms with Crippen molar-refractivity contribution in [3.05, 3.63) is 59.7 Å². The molecule has 0 atom stereocenters. The van der Waals surface area contributed by atoms with Crippen molar-refractivity contribution in [1.82, 2.24) is 4.90 Å². The summed E-state index contributed by atoms with van der Waals surface area (Å²) in [5, 5.41) is 6.65. The van der Waals surface area contributed by atoms with Crippen LogP contribution in [0.1, 0.15) is 28.8 Å². The van der Waals surface area contributed by atoms with Crippen molar-refractivity contribution < 1.29 is 4.79 Å². The summed E-state index contributed by atoms with van der Waals surface area (Å²) < 4.78 is 0. The SMILES string of the molecule is Cc1ccccc1C(=O)Nc1ccccc1NC1CCN(C)CC1. The topological polar surface area (TPSA) is 44.4 Å². The van der Waals surface area contributed by atoms with Gasteiger partial charge in [0.25, 0.3) is 5.91 Å². The number of nitrogens with one attached hydrogen (secondary N) is 2. The molecule has 1 aliphatic heterocycles. The third kappa shape index (κ3) is 3.95. The van der Waals surface area contributed by atoms with Crippen LogP contribution >= 0.6 is 0 Å². The lowest BCUT2D eigenvalue weighted by Gasteiger charge is -2.30. The summed E-state index contributed by atoms with van der Waals surface area (Å²) in [5.74, 6) is -0.0641. The van der Waals surface area contributed by atoms with Gasteiger partial charge in [0.2, 0.25) is 0 Å². The van der Waals surface area contributed by atoms with Gasteiger partial charge in [-0.1, -0.05) is 30.3 Å². The van der Waals surface area contributed by atoms with Crippen molar-refractivity contribution >= 4 is 17.3 Å². The Balaban J connectivity index is 1.72. The van der Waals surface area contributed by atoms with Gasteiger partial charge in [0.15, 0.2) is 0 Å². The normalized spacial score (nSPS) is 15.9. The molecule has 2 aromatic carbocycles. The Labute approximate surface area is 143 Å². The Morgan fingerprint density at radius 2 is 1.62 bits per heavy atom. The van der Waals surface area contributed by atoms with E-state index in [4.69, 9.17) is 0 Å². The first-order valence-electron chi connectivity index (χ1n) is 8.54. The molecule has 2 N–H and O–H groups in total. The second kappa shape index (κ2) is 7.49. The molecule has 0 aromatic heterocycles. The molecule has 24 heavy (non-hydrogen) atoms. The van der Waals surface area contributed by atoms with E-state index in [0.29, 0.717) is 11.6 Å². The van der Waals surface area contributed by atoms with Crippen molar-refractivity contribution in [3.8, 4) is 0 Å². The molecule has 126 valence electrons. The fourth-order valence-corrected chi connectivity index (χ4v) is 3.11. The minimum Gasteiger partial charge on any atom is -0.381 e. The standard InChI is InChI=1S/C20H25N3O/c1-15-7-3-4-8-17(15)20(24)22-19-10-6-5-9-18(19)21-16-11-13-23(2)14-12-16/h3-10,16,21H,11-14H2,1-2H3,(H,22,24). The molecule has 4 heteroatoms. The number of likely N-dealkylation sites (tertiary alicyclic amines) is 1. The molecule has 0 bridgehead atoms. The van der Waals surface area contributed by atoms with Crippen LogP contribution in [0.2, 0.25) is 0 Å². The molecule has 0 saturated carbocycles. The van der Waals surface area contributed by atoms with Gasteiger partial charge in [0, 0.05) is 11.6 Å². The first-order chi connectivity index (χ1) is 11.6. The minimum absolute atomic E-state index is 0.0641. The van der Waals surface area contributed by atoms with Crippen molar-refractivity contribution in [2.24, 2.45) is 0 Å². The fraction of sp³-hybridized carbons (Fsp3) is 0.350. The van der Waals surface area contributed by atoms with E-state index >= 15 is 0 Å². The quantitative estimate of drug-likeness (QED) is 0.900. The van der Waals surface area contributed by atoms with Crippen LogP contribution in [0.3, 0.4) is 0 Å². The van der Waals surface area contributed by atoms with Crippen molar-refractivity contribution in [3.63, 3.8) is 0 Å². The molecular weight excluding hydrogens is 298 g/mol. The predicted octanol–water partition coefficient (Wildman–Crippen LogP) is 3.75. The molecular formula is C20H25N3O. The average molecular weight is 323 g/mol. The zero-order valence-electron chi connectivity index (χ0n) is 14.4. The van der Waals surface area contributed by atoms with E-state index in [1.807, 2.05) is 55.5 Å². The number of para-hydroxylation sites is 2. The number of carbonyl (C=O) groups is 1. The highest BCUT2D eigenvalue weighted by atomic mass is 16.1. The van der Waals surface area contributed by atoms with E-state index in [0.717, 1.165) is 42.9 Å². The number of rotatable bonds is 4. The molecule has 4 nitrogen and oxygen atoms in total. The van der Waals surface area contributed by atoms with Gasteiger partial charge in [-0.05, 0) is 63.7 Å². The number of carbonyl (C=O) groups excluding carboxylic acids is 1. The molecule has 1 amide bonds. The minimum atomic E-state index is -0.0641. The zero-order chi connectivity index (χ0) is 16.9. The second-order valence-corrected chi connectivity index (χ2v) is 6.54. The van der Waals surface area contributed by atoms with Gasteiger partial charge in [-0.25, -0.2) is 0 Å². The van der Waals surface area contributed by atoms with Crippen LogP contribution in [0.25, 0.3) is 0 Å². The Morgan fingerprint density at radius 1 is 1.00 bits per heavy atom. The summed E-state index contributed by atoms with van der Waals surface area (Å²) >= 11 is 0. The Bertz CT molecular complexity index is 706. The first kappa shape index (κ1) is 16.5. The van der Waals surface area contributed by atoms with Crippen LogP contribution in [0, 0.1) is 6.92 Å². The first-order valence-corrected chi connectivity index (χ1v) is 8.54. The van der Waals surface area contributed by atoms with Gasteiger partial charge in [-0.3, -0.25) is 4.79 Å². The van der Waals surface area contributed by atoms with E-state index in [2.05, 4.69) is 22.6 Å². The molecule has 1 aliphatic rings. The lowest BCUT2D eigenvalue weighted by molar-refractivity contribution is 0.102. The largest absolute Gasteiger partial charge is 0.381 e. The number of nitrogens with zero attached hydrogens (tertiary/aromatic N) is 1. The zero-order valence-corrected chi connectivity index (χ0v) is 14.4. The van der Waals surface area contributed by atoms with E-state index in [-0.39, 0.29) is 5.91 Å². The molecule has 1 heterocycles. The smallest absolute Gasteiger partial charge is 0.255 e. The van der Waals surface area contributed by atoms with Crippen molar-refractivity contribution in [2.45, 2.75) is 25.8 Å². The van der Waals surface area contributed by atoms with Gasteiger partial charge >= 0.3 is 0 Å².